The minimum absolute atomic E-state index is 0.200. The summed E-state index contributed by atoms with van der Waals surface area (Å²) in [6.07, 6.45) is -1.38. The fourth-order valence-corrected chi connectivity index (χ4v) is 3.85. The molecule has 1 aromatic heterocycles. The van der Waals surface area contributed by atoms with Gasteiger partial charge in [0.25, 0.3) is 5.91 Å². The second-order valence-corrected chi connectivity index (χ2v) is 7.98. The summed E-state index contributed by atoms with van der Waals surface area (Å²) in [5.74, 6) is -0.339. The van der Waals surface area contributed by atoms with Crippen molar-refractivity contribution < 1.29 is 22.7 Å². The van der Waals surface area contributed by atoms with Crippen molar-refractivity contribution in [3.63, 3.8) is 0 Å². The molecule has 10 heteroatoms. The number of carbonyl (C=O) groups is 1. The molecule has 2 aromatic rings. The molecular weight excluding hydrogens is 439 g/mol. The number of nitrogens with one attached hydrogen (secondary N) is 1. The SMILES string of the molecule is CSc1ccc(Cl)c(C(=O)NCC(c2ccc(C(F)(F)F)nc2)N2CCOCC2)c1. The molecule has 3 rings (SSSR count). The van der Waals surface area contributed by atoms with E-state index in [0.29, 0.717) is 42.5 Å². The molecule has 0 spiro atoms. The zero-order chi connectivity index (χ0) is 21.7. The molecule has 1 aliphatic heterocycles. The van der Waals surface area contributed by atoms with Gasteiger partial charge in [0, 0.05) is 30.7 Å². The first kappa shape index (κ1) is 22.9. The van der Waals surface area contributed by atoms with Crippen molar-refractivity contribution in [3.8, 4) is 0 Å². The van der Waals surface area contributed by atoms with E-state index in [9.17, 15) is 18.0 Å². The summed E-state index contributed by atoms with van der Waals surface area (Å²) in [5.41, 5.74) is 0.000579. The predicted molar refractivity (Wildman–Crippen MR) is 110 cm³/mol. The van der Waals surface area contributed by atoms with Gasteiger partial charge in [-0.25, -0.2) is 0 Å². The number of alkyl halides is 3. The monoisotopic (exact) mass is 459 g/mol. The van der Waals surface area contributed by atoms with Crippen LogP contribution in [0, 0.1) is 0 Å². The minimum Gasteiger partial charge on any atom is -0.379 e. The van der Waals surface area contributed by atoms with Gasteiger partial charge in [0.15, 0.2) is 0 Å². The molecule has 0 bridgehead atoms. The van der Waals surface area contributed by atoms with Gasteiger partial charge in [-0.05, 0) is 36.1 Å². The number of rotatable bonds is 6. The van der Waals surface area contributed by atoms with E-state index in [-0.39, 0.29) is 18.5 Å². The van der Waals surface area contributed by atoms with Crippen molar-refractivity contribution in [3.05, 3.63) is 58.4 Å². The molecule has 1 aromatic carbocycles. The van der Waals surface area contributed by atoms with Crippen molar-refractivity contribution in [2.75, 3.05) is 39.1 Å². The second kappa shape index (κ2) is 10.00. The molecule has 162 valence electrons. The van der Waals surface area contributed by atoms with Gasteiger partial charge < -0.3 is 10.1 Å². The summed E-state index contributed by atoms with van der Waals surface area (Å²) in [6.45, 7) is 2.43. The third kappa shape index (κ3) is 5.66. The smallest absolute Gasteiger partial charge is 0.379 e. The van der Waals surface area contributed by atoms with Gasteiger partial charge in [-0.15, -0.1) is 11.8 Å². The summed E-state index contributed by atoms with van der Waals surface area (Å²) in [6, 6.07) is 7.24. The summed E-state index contributed by atoms with van der Waals surface area (Å²) in [4.78, 5) is 19.3. The van der Waals surface area contributed by atoms with Crippen LogP contribution in [0.3, 0.4) is 0 Å². The van der Waals surface area contributed by atoms with Crippen LogP contribution in [0.15, 0.2) is 41.4 Å². The molecule has 5 nitrogen and oxygen atoms in total. The van der Waals surface area contributed by atoms with Crippen LogP contribution in [-0.2, 0) is 10.9 Å². The van der Waals surface area contributed by atoms with Crippen LogP contribution in [0.1, 0.15) is 27.7 Å². The van der Waals surface area contributed by atoms with Crippen LogP contribution in [-0.4, -0.2) is 54.9 Å². The number of carbonyl (C=O) groups excluding carboxylic acids is 1. The largest absolute Gasteiger partial charge is 0.433 e. The average molecular weight is 460 g/mol. The van der Waals surface area contributed by atoms with Crippen molar-refractivity contribution in [2.24, 2.45) is 0 Å². The van der Waals surface area contributed by atoms with Gasteiger partial charge >= 0.3 is 6.18 Å². The highest BCUT2D eigenvalue weighted by Gasteiger charge is 2.33. The number of amides is 1. The molecule has 1 aliphatic rings. The third-order valence-electron chi connectivity index (χ3n) is 4.82. The van der Waals surface area contributed by atoms with Crippen molar-refractivity contribution in [1.29, 1.82) is 0 Å². The number of pyridine rings is 1. The van der Waals surface area contributed by atoms with Gasteiger partial charge in [-0.2, -0.15) is 13.2 Å². The average Bonchev–Trinajstić information content (AvgIpc) is 2.74. The summed E-state index contributed by atoms with van der Waals surface area (Å²) in [5, 5.41) is 3.20. The molecule has 1 fully saturated rings. The Morgan fingerprint density at radius 1 is 1.30 bits per heavy atom. The quantitative estimate of drug-likeness (QED) is 0.653. The van der Waals surface area contributed by atoms with Crippen LogP contribution in [0.2, 0.25) is 5.02 Å². The molecule has 0 saturated carbocycles. The Kier molecular flexibility index (Phi) is 7.62. The van der Waals surface area contributed by atoms with E-state index >= 15 is 0 Å². The highest BCUT2D eigenvalue weighted by Crippen LogP contribution is 2.29. The van der Waals surface area contributed by atoms with Crippen LogP contribution in [0.25, 0.3) is 0 Å². The number of halogens is 4. The predicted octanol–water partition coefficient (Wildman–Crippen LogP) is 4.28. The number of aromatic nitrogens is 1. The van der Waals surface area contributed by atoms with Gasteiger partial charge in [0.05, 0.1) is 29.8 Å². The Balaban J connectivity index is 1.79. The van der Waals surface area contributed by atoms with Gasteiger partial charge in [-0.1, -0.05) is 17.7 Å². The zero-order valence-electron chi connectivity index (χ0n) is 16.2. The molecule has 1 saturated heterocycles. The molecule has 1 unspecified atom stereocenters. The highest BCUT2D eigenvalue weighted by atomic mass is 35.5. The maximum absolute atomic E-state index is 12.9. The molecular formula is C20H21ClF3N3O2S. The summed E-state index contributed by atoms with van der Waals surface area (Å²) >= 11 is 7.67. The minimum atomic E-state index is -4.50. The Bertz CT molecular complexity index is 875. The Labute approximate surface area is 181 Å². The van der Waals surface area contributed by atoms with E-state index in [0.717, 1.165) is 11.0 Å². The third-order valence-corrected chi connectivity index (χ3v) is 5.88. The summed E-state index contributed by atoms with van der Waals surface area (Å²) in [7, 11) is 0. The lowest BCUT2D eigenvalue weighted by atomic mass is 10.1. The van der Waals surface area contributed by atoms with Crippen LogP contribution in [0.5, 0.6) is 0 Å². The van der Waals surface area contributed by atoms with Gasteiger partial charge in [0.1, 0.15) is 5.69 Å². The van der Waals surface area contributed by atoms with E-state index in [1.54, 1.807) is 12.1 Å². The molecule has 1 amide bonds. The number of benzene rings is 1. The van der Waals surface area contributed by atoms with Crippen molar-refractivity contribution in [2.45, 2.75) is 17.1 Å². The lowest BCUT2D eigenvalue weighted by Gasteiger charge is -2.34. The molecule has 2 heterocycles. The van der Waals surface area contributed by atoms with E-state index in [1.165, 1.54) is 24.0 Å². The molecule has 30 heavy (non-hydrogen) atoms. The normalized spacial score (nSPS) is 16.3. The molecule has 0 radical (unpaired) electrons. The maximum atomic E-state index is 12.9. The Morgan fingerprint density at radius 3 is 2.63 bits per heavy atom. The van der Waals surface area contributed by atoms with Crippen molar-refractivity contribution in [1.82, 2.24) is 15.2 Å². The second-order valence-electron chi connectivity index (χ2n) is 6.69. The standard InChI is InChI=1S/C20H21ClF3N3O2S/c1-30-14-3-4-16(21)15(10-14)19(28)26-12-17(27-6-8-29-9-7-27)13-2-5-18(25-11-13)20(22,23)24/h2-5,10-11,17H,6-9,12H2,1H3,(H,26,28). The van der Waals surface area contributed by atoms with Crippen molar-refractivity contribution >= 4 is 29.3 Å². The fourth-order valence-electron chi connectivity index (χ4n) is 3.21. The van der Waals surface area contributed by atoms with Crippen LogP contribution < -0.4 is 5.32 Å². The Morgan fingerprint density at radius 2 is 2.03 bits per heavy atom. The first-order chi connectivity index (χ1) is 14.3. The number of ether oxygens (including phenoxy) is 1. The first-order valence-corrected chi connectivity index (χ1v) is 10.9. The maximum Gasteiger partial charge on any atom is 0.433 e. The van der Waals surface area contributed by atoms with E-state index in [2.05, 4.69) is 15.2 Å². The van der Waals surface area contributed by atoms with E-state index in [1.807, 2.05) is 12.3 Å². The fraction of sp³-hybridized carbons (Fsp3) is 0.400. The Hall–Kier alpha value is -1.81. The van der Waals surface area contributed by atoms with E-state index < -0.39 is 11.9 Å². The molecule has 1 atom stereocenters. The lowest BCUT2D eigenvalue weighted by Crippen LogP contribution is -2.44. The lowest BCUT2D eigenvalue weighted by molar-refractivity contribution is -0.141. The first-order valence-electron chi connectivity index (χ1n) is 9.26. The zero-order valence-corrected chi connectivity index (χ0v) is 17.8. The summed E-state index contributed by atoms with van der Waals surface area (Å²) < 4.78 is 43.9. The molecule has 0 aliphatic carbocycles. The van der Waals surface area contributed by atoms with Crippen LogP contribution >= 0.6 is 23.4 Å². The number of thioether (sulfide) groups is 1. The van der Waals surface area contributed by atoms with Crippen LogP contribution in [0.4, 0.5) is 13.2 Å². The number of hydrogen-bond donors (Lipinski definition) is 1. The van der Waals surface area contributed by atoms with Gasteiger partial charge in [-0.3, -0.25) is 14.7 Å². The number of nitrogens with zero attached hydrogens (tertiary/aromatic N) is 2. The topological polar surface area (TPSA) is 54.5 Å². The van der Waals surface area contributed by atoms with Gasteiger partial charge in [0.2, 0.25) is 0 Å². The molecule has 1 N–H and O–H groups in total. The number of hydrogen-bond acceptors (Lipinski definition) is 5. The number of morpholine rings is 1. The highest BCUT2D eigenvalue weighted by molar-refractivity contribution is 7.98. The van der Waals surface area contributed by atoms with E-state index in [4.69, 9.17) is 16.3 Å².